The van der Waals surface area contributed by atoms with Crippen molar-refractivity contribution in [3.05, 3.63) is 45.1 Å². The molecule has 8 heteroatoms. The van der Waals surface area contributed by atoms with Crippen molar-refractivity contribution < 1.29 is 24.6 Å². The van der Waals surface area contributed by atoms with Crippen LogP contribution in [-0.2, 0) is 20.8 Å². The van der Waals surface area contributed by atoms with Crippen LogP contribution in [0, 0.1) is 0 Å². The summed E-state index contributed by atoms with van der Waals surface area (Å²) in [5.74, 6) is -2.86. The molecule has 0 aromatic heterocycles. The number of rotatable bonds is 6. The van der Waals surface area contributed by atoms with E-state index in [1.54, 1.807) is 12.1 Å². The fourth-order valence-corrected chi connectivity index (χ4v) is 3.10. The van der Waals surface area contributed by atoms with Gasteiger partial charge in [0.25, 0.3) is 5.91 Å². The Balaban J connectivity index is 2.26. The molecule has 1 aromatic carbocycles. The minimum atomic E-state index is -1.05. The largest absolute Gasteiger partial charge is 0.503 e. The number of aliphatic hydroxyl groups is 1. The van der Waals surface area contributed by atoms with Gasteiger partial charge in [-0.25, -0.2) is 0 Å². The molecule has 1 heterocycles. The number of likely N-dealkylation sites (N-methyl/N-ethyl adjacent to an activating group) is 1. The summed E-state index contributed by atoms with van der Waals surface area (Å²) >= 11 is 11.9. The first kappa shape index (κ1) is 18.3. The van der Waals surface area contributed by atoms with Crippen molar-refractivity contribution in [3.63, 3.8) is 0 Å². The Hall–Kier alpha value is -2.05. The van der Waals surface area contributed by atoms with E-state index in [0.717, 1.165) is 0 Å². The second-order valence-corrected chi connectivity index (χ2v) is 6.31. The lowest BCUT2D eigenvalue weighted by atomic mass is 9.95. The lowest BCUT2D eigenvalue weighted by Crippen LogP contribution is -2.34. The number of aliphatic hydroxyl groups excluding tert-OH is 1. The molecule has 0 bridgehead atoms. The van der Waals surface area contributed by atoms with Crippen LogP contribution in [0.5, 0.6) is 0 Å². The van der Waals surface area contributed by atoms with Crippen LogP contribution < -0.4 is 0 Å². The number of hydrogen-bond donors (Lipinski definition) is 2. The summed E-state index contributed by atoms with van der Waals surface area (Å²) in [6, 6.07) is 3.89. The average Bonchev–Trinajstić information content (AvgIpc) is 2.72. The Morgan fingerprint density at radius 1 is 1.29 bits per heavy atom. The van der Waals surface area contributed by atoms with Gasteiger partial charge in [-0.2, -0.15) is 0 Å². The molecular formula is C16H15Cl2NO5. The van der Waals surface area contributed by atoms with E-state index in [1.807, 2.05) is 0 Å². The number of carbonyl (C=O) groups excluding carboxylic acids is 2. The maximum Gasteiger partial charge on any atom is 0.303 e. The Morgan fingerprint density at radius 2 is 1.96 bits per heavy atom. The van der Waals surface area contributed by atoms with Crippen LogP contribution in [0.3, 0.4) is 0 Å². The first-order chi connectivity index (χ1) is 11.2. The third-order valence-corrected chi connectivity index (χ3v) is 4.46. The summed E-state index contributed by atoms with van der Waals surface area (Å²) < 4.78 is 0. The molecule has 1 aromatic rings. The fourth-order valence-electron chi connectivity index (χ4n) is 2.62. The topological polar surface area (TPSA) is 94.9 Å². The van der Waals surface area contributed by atoms with Gasteiger partial charge in [-0.05, 0) is 24.1 Å². The SMILES string of the molecule is CN1C(=O)C(O)=C(C(=O)Cc2ccc(Cl)cc2Cl)C1CCC(=O)O. The molecule has 2 N–H and O–H groups in total. The van der Waals surface area contributed by atoms with Crippen molar-refractivity contribution in [1.29, 1.82) is 0 Å². The maximum absolute atomic E-state index is 12.6. The number of aliphatic carboxylic acids is 1. The highest BCUT2D eigenvalue weighted by Crippen LogP contribution is 2.29. The van der Waals surface area contributed by atoms with Crippen LogP contribution >= 0.6 is 23.2 Å². The van der Waals surface area contributed by atoms with E-state index in [-0.39, 0.29) is 24.8 Å². The summed E-state index contributed by atoms with van der Waals surface area (Å²) in [5.41, 5.74) is 0.431. The minimum absolute atomic E-state index is 0.0387. The number of halogens is 2. The molecule has 24 heavy (non-hydrogen) atoms. The van der Waals surface area contributed by atoms with Crippen LogP contribution in [0.15, 0.2) is 29.5 Å². The summed E-state index contributed by atoms with van der Waals surface area (Å²) in [6.07, 6.45) is -0.314. The lowest BCUT2D eigenvalue weighted by molar-refractivity contribution is -0.138. The normalized spacial score (nSPS) is 17.5. The van der Waals surface area contributed by atoms with Gasteiger partial charge < -0.3 is 15.1 Å². The monoisotopic (exact) mass is 371 g/mol. The zero-order valence-corrected chi connectivity index (χ0v) is 14.3. The molecule has 0 spiro atoms. The van der Waals surface area contributed by atoms with Crippen LogP contribution in [0.25, 0.3) is 0 Å². The summed E-state index contributed by atoms with van der Waals surface area (Å²) in [6.45, 7) is 0. The predicted molar refractivity (Wildman–Crippen MR) is 88.3 cm³/mol. The third-order valence-electron chi connectivity index (χ3n) is 3.88. The number of hydrogen-bond acceptors (Lipinski definition) is 4. The quantitative estimate of drug-likeness (QED) is 0.801. The van der Waals surface area contributed by atoms with E-state index in [4.69, 9.17) is 28.3 Å². The highest BCUT2D eigenvalue weighted by molar-refractivity contribution is 6.35. The second-order valence-electron chi connectivity index (χ2n) is 5.46. The van der Waals surface area contributed by atoms with E-state index in [2.05, 4.69) is 0 Å². The number of nitrogens with zero attached hydrogens (tertiary/aromatic N) is 1. The molecule has 0 saturated heterocycles. The molecule has 1 aliphatic heterocycles. The van der Waals surface area contributed by atoms with Crippen LogP contribution in [0.1, 0.15) is 18.4 Å². The van der Waals surface area contributed by atoms with Crippen molar-refractivity contribution in [2.45, 2.75) is 25.3 Å². The Bertz CT molecular complexity index is 744. The maximum atomic E-state index is 12.6. The summed E-state index contributed by atoms with van der Waals surface area (Å²) in [4.78, 5) is 36.4. The van der Waals surface area contributed by atoms with Gasteiger partial charge in [-0.1, -0.05) is 29.3 Å². The number of carboxylic acids is 1. The van der Waals surface area contributed by atoms with Gasteiger partial charge in [-0.3, -0.25) is 14.4 Å². The molecule has 1 aliphatic rings. The predicted octanol–water partition coefficient (Wildman–Crippen LogP) is 2.62. The molecule has 0 saturated carbocycles. The van der Waals surface area contributed by atoms with Crippen LogP contribution in [0.4, 0.5) is 0 Å². The molecular weight excluding hydrogens is 357 g/mol. The number of amides is 1. The highest BCUT2D eigenvalue weighted by atomic mass is 35.5. The third kappa shape index (κ3) is 3.71. The first-order valence-electron chi connectivity index (χ1n) is 7.11. The minimum Gasteiger partial charge on any atom is -0.503 e. The first-order valence-corrected chi connectivity index (χ1v) is 7.87. The molecule has 1 atom stereocenters. The molecule has 128 valence electrons. The van der Waals surface area contributed by atoms with Gasteiger partial charge in [0.15, 0.2) is 11.5 Å². The molecule has 2 rings (SSSR count). The zero-order chi connectivity index (χ0) is 18.0. The summed E-state index contributed by atoms with van der Waals surface area (Å²) in [7, 11) is 1.42. The van der Waals surface area contributed by atoms with E-state index in [0.29, 0.717) is 15.6 Å². The fraction of sp³-hybridized carbons (Fsp3) is 0.312. The summed E-state index contributed by atoms with van der Waals surface area (Å²) in [5, 5.41) is 19.5. The second kappa shape index (κ2) is 7.23. The van der Waals surface area contributed by atoms with Crippen LogP contribution in [-0.4, -0.2) is 45.9 Å². The zero-order valence-electron chi connectivity index (χ0n) is 12.8. The Labute approximate surface area is 148 Å². The molecule has 6 nitrogen and oxygen atoms in total. The van der Waals surface area contributed by atoms with Gasteiger partial charge in [0.1, 0.15) is 0 Å². The standard InChI is InChI=1S/C16H15Cl2NO5/c1-19-11(4-5-13(21)22)14(15(23)16(19)24)12(20)6-8-2-3-9(17)7-10(8)18/h2-3,7,11,23H,4-6H2,1H3,(H,21,22). The lowest BCUT2D eigenvalue weighted by Gasteiger charge is -2.21. The van der Waals surface area contributed by atoms with Crippen molar-refractivity contribution in [2.24, 2.45) is 0 Å². The van der Waals surface area contributed by atoms with Gasteiger partial charge in [0.2, 0.25) is 0 Å². The van der Waals surface area contributed by atoms with E-state index in [1.165, 1.54) is 18.0 Å². The number of benzene rings is 1. The number of Topliss-reactive ketones (excluding diaryl/α,β-unsaturated/α-hetero) is 1. The van der Waals surface area contributed by atoms with Gasteiger partial charge in [-0.15, -0.1) is 0 Å². The van der Waals surface area contributed by atoms with Crippen LogP contribution in [0.2, 0.25) is 10.0 Å². The molecule has 0 aliphatic carbocycles. The number of carbonyl (C=O) groups is 3. The smallest absolute Gasteiger partial charge is 0.303 e. The van der Waals surface area contributed by atoms with E-state index in [9.17, 15) is 19.5 Å². The van der Waals surface area contributed by atoms with Crippen molar-refractivity contribution in [1.82, 2.24) is 4.90 Å². The van der Waals surface area contributed by atoms with Gasteiger partial charge in [0, 0.05) is 29.9 Å². The van der Waals surface area contributed by atoms with Gasteiger partial charge in [0.05, 0.1) is 11.6 Å². The van der Waals surface area contributed by atoms with Crippen molar-refractivity contribution in [2.75, 3.05) is 7.05 Å². The molecule has 1 amide bonds. The molecule has 0 radical (unpaired) electrons. The number of ketones is 1. The van der Waals surface area contributed by atoms with Crippen molar-refractivity contribution in [3.8, 4) is 0 Å². The molecule has 0 fully saturated rings. The van der Waals surface area contributed by atoms with E-state index < -0.39 is 29.5 Å². The average molecular weight is 372 g/mol. The van der Waals surface area contributed by atoms with E-state index >= 15 is 0 Å². The molecule has 1 unspecified atom stereocenters. The van der Waals surface area contributed by atoms with Crippen molar-refractivity contribution >= 4 is 40.9 Å². The number of carboxylic acid groups (broad SMARTS) is 1. The Morgan fingerprint density at radius 3 is 2.54 bits per heavy atom. The highest BCUT2D eigenvalue weighted by Gasteiger charge is 2.40. The Kier molecular flexibility index (Phi) is 5.51. The van der Waals surface area contributed by atoms with Gasteiger partial charge >= 0.3 is 5.97 Å².